The maximum Gasteiger partial charge on any atom is 0.350 e. The zero-order valence-electron chi connectivity index (χ0n) is 4.04. The summed E-state index contributed by atoms with van der Waals surface area (Å²) in [6.45, 7) is -1.44. The third-order valence-corrected chi connectivity index (χ3v) is 1.83. The molecule has 0 rings (SSSR count). The molecule has 9 heavy (non-hydrogen) atoms. The Morgan fingerprint density at radius 2 is 1.78 bits per heavy atom. The molecule has 1 N–H and O–H groups in total. The molecule has 0 aliphatic rings. The van der Waals surface area contributed by atoms with Gasteiger partial charge in [0.1, 0.15) is 0 Å². The summed E-state index contributed by atoms with van der Waals surface area (Å²) in [7, 11) is 0. The highest BCUT2D eigenvalue weighted by molar-refractivity contribution is 9.10. The van der Waals surface area contributed by atoms with Crippen LogP contribution in [0.25, 0.3) is 0 Å². The van der Waals surface area contributed by atoms with E-state index in [-0.39, 0.29) is 0 Å². The Hall–Kier alpha value is 0.520. The first kappa shape index (κ1) is 9.52. The second-order valence-electron chi connectivity index (χ2n) is 1.36. The molecule has 0 saturated carbocycles. The maximum atomic E-state index is 12.0. The van der Waals surface area contributed by atoms with E-state index in [2.05, 4.69) is 11.6 Å². The van der Waals surface area contributed by atoms with E-state index < -0.39 is 16.6 Å². The van der Waals surface area contributed by atoms with Crippen LogP contribution >= 0.6 is 27.5 Å². The number of rotatable bonds is 2. The van der Waals surface area contributed by atoms with Crippen molar-refractivity contribution in [3.63, 3.8) is 0 Å². The van der Waals surface area contributed by atoms with E-state index >= 15 is 0 Å². The Bertz CT molecular complexity index is 102. The lowest BCUT2D eigenvalue weighted by molar-refractivity contribution is -0.0339. The molecular weight excluding hydrogens is 224 g/mol. The van der Waals surface area contributed by atoms with Crippen LogP contribution in [0.2, 0.25) is 0 Å². The minimum Gasteiger partial charge on any atom is -0.391 e. The lowest BCUT2D eigenvalue weighted by Gasteiger charge is -2.19. The minimum atomic E-state index is -3.89. The summed E-state index contributed by atoms with van der Waals surface area (Å²) in [6, 6.07) is 0. The number of hydrogen-bond donors (Lipinski definition) is 1. The molecule has 0 radical (unpaired) electrons. The SMILES string of the molecule is OC[C@@](F)(Cl)C(F)(F)Br. The van der Waals surface area contributed by atoms with Crippen molar-refractivity contribution in [1.82, 2.24) is 0 Å². The molecule has 0 bridgehead atoms. The van der Waals surface area contributed by atoms with Crippen LogP contribution in [0.15, 0.2) is 0 Å². The predicted molar refractivity (Wildman–Crippen MR) is 30.7 cm³/mol. The summed E-state index contributed by atoms with van der Waals surface area (Å²) >= 11 is 6.14. The van der Waals surface area contributed by atoms with Crippen LogP contribution in [0.3, 0.4) is 0 Å². The van der Waals surface area contributed by atoms with Crippen LogP contribution in [-0.2, 0) is 0 Å². The highest BCUT2D eigenvalue weighted by Crippen LogP contribution is 2.40. The van der Waals surface area contributed by atoms with Gasteiger partial charge in [-0.25, -0.2) is 4.39 Å². The molecule has 6 heteroatoms. The van der Waals surface area contributed by atoms with Gasteiger partial charge in [-0.05, 0) is 15.9 Å². The molecule has 0 fully saturated rings. The van der Waals surface area contributed by atoms with E-state index in [1.54, 1.807) is 15.9 Å². The van der Waals surface area contributed by atoms with E-state index in [0.29, 0.717) is 0 Å². The fourth-order valence-electron chi connectivity index (χ4n) is 0.0896. The molecule has 0 aliphatic heterocycles. The molecule has 0 aromatic heterocycles. The van der Waals surface area contributed by atoms with Crippen molar-refractivity contribution in [1.29, 1.82) is 0 Å². The largest absolute Gasteiger partial charge is 0.391 e. The standard InChI is InChI=1S/C3H3BrClF3O/c4-3(7,8)2(5,6)1-9/h9H,1H2/t2-/m0/s1. The first-order valence-corrected chi connectivity index (χ1v) is 3.04. The van der Waals surface area contributed by atoms with Gasteiger partial charge in [-0.1, -0.05) is 11.6 Å². The molecule has 56 valence electrons. The fourth-order valence-corrected chi connectivity index (χ4v) is 0.215. The van der Waals surface area contributed by atoms with Gasteiger partial charge in [0.2, 0.25) is 0 Å². The van der Waals surface area contributed by atoms with Crippen LogP contribution in [-0.4, -0.2) is 21.7 Å². The normalized spacial score (nSPS) is 19.3. The molecule has 0 aromatic rings. The Kier molecular flexibility index (Phi) is 2.79. The summed E-state index contributed by atoms with van der Waals surface area (Å²) in [5, 5.41) is 4.50. The number of alkyl halides is 5. The van der Waals surface area contributed by atoms with Crippen LogP contribution in [0.4, 0.5) is 13.2 Å². The molecule has 0 heterocycles. The fraction of sp³-hybridized carbons (Fsp3) is 1.00. The second kappa shape index (κ2) is 2.64. The van der Waals surface area contributed by atoms with Crippen molar-refractivity contribution in [2.75, 3.05) is 6.61 Å². The third-order valence-electron chi connectivity index (χ3n) is 0.613. The second-order valence-corrected chi connectivity index (χ2v) is 2.96. The highest BCUT2D eigenvalue weighted by atomic mass is 79.9. The predicted octanol–water partition coefficient (Wildman–Crippen LogP) is 1.87. The summed E-state index contributed by atoms with van der Waals surface area (Å²) in [5.41, 5.74) is 0. The number of aliphatic hydroxyl groups excluding tert-OH is 1. The molecule has 0 amide bonds. The van der Waals surface area contributed by atoms with E-state index in [4.69, 9.17) is 5.11 Å². The third kappa shape index (κ3) is 2.31. The maximum absolute atomic E-state index is 12.0. The molecule has 0 spiro atoms. The highest BCUT2D eigenvalue weighted by Gasteiger charge is 2.51. The van der Waals surface area contributed by atoms with Gasteiger partial charge >= 0.3 is 4.83 Å². The van der Waals surface area contributed by atoms with Crippen molar-refractivity contribution >= 4 is 27.5 Å². The monoisotopic (exact) mass is 226 g/mol. The van der Waals surface area contributed by atoms with E-state index in [9.17, 15) is 13.2 Å². The van der Waals surface area contributed by atoms with Gasteiger partial charge < -0.3 is 5.11 Å². The summed E-state index contributed by atoms with van der Waals surface area (Å²) in [4.78, 5) is -3.89. The van der Waals surface area contributed by atoms with E-state index in [1.807, 2.05) is 0 Å². The lowest BCUT2D eigenvalue weighted by atomic mass is 10.4. The van der Waals surface area contributed by atoms with Crippen molar-refractivity contribution in [3.05, 3.63) is 0 Å². The molecule has 0 aromatic carbocycles. The number of aliphatic hydroxyl groups is 1. The van der Waals surface area contributed by atoms with Crippen LogP contribution in [0.5, 0.6) is 0 Å². The van der Waals surface area contributed by atoms with E-state index in [0.717, 1.165) is 0 Å². The molecular formula is C3H3BrClF3O. The van der Waals surface area contributed by atoms with Gasteiger partial charge in [-0.3, -0.25) is 0 Å². The lowest BCUT2D eigenvalue weighted by Crippen LogP contribution is -2.37. The van der Waals surface area contributed by atoms with Gasteiger partial charge in [0.15, 0.2) is 0 Å². The summed E-state index contributed by atoms with van der Waals surface area (Å²) in [5.74, 6) is 0. The smallest absolute Gasteiger partial charge is 0.350 e. The van der Waals surface area contributed by atoms with Crippen LogP contribution in [0.1, 0.15) is 0 Å². The quantitative estimate of drug-likeness (QED) is 0.714. The summed E-state index contributed by atoms with van der Waals surface area (Å²) in [6.07, 6.45) is 0. The molecule has 1 nitrogen and oxygen atoms in total. The Balaban J connectivity index is 4.14. The Morgan fingerprint density at radius 1 is 1.44 bits per heavy atom. The van der Waals surface area contributed by atoms with Crippen molar-refractivity contribution in [2.45, 2.75) is 9.96 Å². The first-order valence-electron chi connectivity index (χ1n) is 1.86. The zero-order valence-corrected chi connectivity index (χ0v) is 6.39. The number of halogens is 5. The first-order chi connectivity index (χ1) is 3.81. The van der Waals surface area contributed by atoms with Gasteiger partial charge in [0.05, 0.1) is 6.61 Å². The topological polar surface area (TPSA) is 20.2 Å². The van der Waals surface area contributed by atoms with Gasteiger partial charge in [-0.2, -0.15) is 8.78 Å². The minimum absolute atomic E-state index is 1.44. The van der Waals surface area contributed by atoms with Crippen molar-refractivity contribution < 1.29 is 18.3 Å². The molecule has 1 atom stereocenters. The number of hydrogen-bond acceptors (Lipinski definition) is 1. The van der Waals surface area contributed by atoms with Crippen molar-refractivity contribution in [2.24, 2.45) is 0 Å². The molecule has 0 unspecified atom stereocenters. The summed E-state index contributed by atoms with van der Waals surface area (Å²) < 4.78 is 35.5. The van der Waals surface area contributed by atoms with E-state index in [1.165, 1.54) is 0 Å². The van der Waals surface area contributed by atoms with Gasteiger partial charge in [0, 0.05) is 0 Å². The average molecular weight is 227 g/mol. The Labute approximate surface area is 62.9 Å². The zero-order chi connectivity index (χ0) is 7.71. The van der Waals surface area contributed by atoms with Gasteiger partial charge in [-0.15, -0.1) is 0 Å². The Morgan fingerprint density at radius 3 is 1.78 bits per heavy atom. The van der Waals surface area contributed by atoms with Crippen molar-refractivity contribution in [3.8, 4) is 0 Å². The van der Waals surface area contributed by atoms with Gasteiger partial charge in [0.25, 0.3) is 5.13 Å². The van der Waals surface area contributed by atoms with Crippen LogP contribution in [0, 0.1) is 0 Å². The molecule has 0 aliphatic carbocycles. The average Bonchev–Trinajstić information content (AvgIpc) is 1.64. The molecule has 0 saturated heterocycles. The van der Waals surface area contributed by atoms with Crippen LogP contribution < -0.4 is 0 Å².